The molecule has 0 unspecified atom stereocenters. The smallest absolute Gasteiger partial charge is 0.213 e. The standard InChI is InChI=1S/C10H15NO2/c1-3-12-8-9-5-6-10(11-7-9)13-4-2/h5-7H,3-4,8H2,1-2H3. The molecule has 0 atom stereocenters. The van der Waals surface area contributed by atoms with Crippen LogP contribution in [0.15, 0.2) is 18.3 Å². The number of nitrogens with zero attached hydrogens (tertiary/aromatic N) is 1. The first-order chi connectivity index (χ1) is 6.36. The summed E-state index contributed by atoms with van der Waals surface area (Å²) < 4.78 is 10.5. The predicted octanol–water partition coefficient (Wildman–Crippen LogP) is 2.02. The Balaban J connectivity index is 2.48. The van der Waals surface area contributed by atoms with E-state index in [1.165, 1.54) is 0 Å². The molecule has 72 valence electrons. The summed E-state index contributed by atoms with van der Waals surface area (Å²) >= 11 is 0. The van der Waals surface area contributed by atoms with Crippen molar-refractivity contribution in [2.45, 2.75) is 20.5 Å². The molecule has 0 aliphatic heterocycles. The molecule has 1 rings (SSSR count). The molecule has 0 saturated heterocycles. The molecule has 0 N–H and O–H groups in total. The fourth-order valence-electron chi connectivity index (χ4n) is 0.949. The zero-order chi connectivity index (χ0) is 9.52. The summed E-state index contributed by atoms with van der Waals surface area (Å²) in [6.07, 6.45) is 1.78. The average Bonchev–Trinajstić information content (AvgIpc) is 2.17. The Morgan fingerprint density at radius 2 is 2.08 bits per heavy atom. The normalized spacial score (nSPS) is 10.0. The van der Waals surface area contributed by atoms with E-state index in [1.54, 1.807) is 6.20 Å². The molecular formula is C10H15NO2. The Labute approximate surface area is 78.7 Å². The van der Waals surface area contributed by atoms with Gasteiger partial charge in [0.15, 0.2) is 0 Å². The van der Waals surface area contributed by atoms with E-state index in [-0.39, 0.29) is 0 Å². The molecule has 1 aromatic rings. The molecule has 0 saturated carbocycles. The van der Waals surface area contributed by atoms with Gasteiger partial charge in [0, 0.05) is 18.9 Å². The number of ether oxygens (including phenoxy) is 2. The fourth-order valence-corrected chi connectivity index (χ4v) is 0.949. The van der Waals surface area contributed by atoms with Crippen LogP contribution in [0.1, 0.15) is 19.4 Å². The second-order valence-electron chi connectivity index (χ2n) is 2.57. The monoisotopic (exact) mass is 181 g/mol. The third-order valence-electron chi connectivity index (χ3n) is 1.56. The molecule has 0 aliphatic carbocycles. The first kappa shape index (κ1) is 9.99. The topological polar surface area (TPSA) is 31.4 Å². The van der Waals surface area contributed by atoms with Gasteiger partial charge in [-0.1, -0.05) is 0 Å². The van der Waals surface area contributed by atoms with Gasteiger partial charge in [0.05, 0.1) is 13.2 Å². The molecule has 0 radical (unpaired) electrons. The zero-order valence-corrected chi connectivity index (χ0v) is 8.12. The highest BCUT2D eigenvalue weighted by Gasteiger charge is 1.95. The van der Waals surface area contributed by atoms with Crippen molar-refractivity contribution in [1.29, 1.82) is 0 Å². The Kier molecular flexibility index (Phi) is 4.26. The van der Waals surface area contributed by atoms with E-state index in [2.05, 4.69) is 4.98 Å². The molecule has 0 bridgehead atoms. The molecule has 0 aliphatic rings. The van der Waals surface area contributed by atoms with Crippen LogP contribution in [0, 0.1) is 0 Å². The van der Waals surface area contributed by atoms with Crippen molar-refractivity contribution in [2.24, 2.45) is 0 Å². The van der Waals surface area contributed by atoms with Gasteiger partial charge in [-0.3, -0.25) is 0 Å². The SMILES string of the molecule is CCOCc1ccc(OCC)nc1. The van der Waals surface area contributed by atoms with Gasteiger partial charge in [-0.05, 0) is 25.5 Å². The van der Waals surface area contributed by atoms with Crippen LogP contribution in [-0.2, 0) is 11.3 Å². The van der Waals surface area contributed by atoms with E-state index < -0.39 is 0 Å². The van der Waals surface area contributed by atoms with Crippen molar-refractivity contribution in [1.82, 2.24) is 4.98 Å². The average molecular weight is 181 g/mol. The van der Waals surface area contributed by atoms with Crippen molar-refractivity contribution in [3.8, 4) is 5.88 Å². The number of pyridine rings is 1. The maximum Gasteiger partial charge on any atom is 0.213 e. The van der Waals surface area contributed by atoms with Crippen LogP contribution in [0.4, 0.5) is 0 Å². The second kappa shape index (κ2) is 5.54. The van der Waals surface area contributed by atoms with Gasteiger partial charge in [-0.15, -0.1) is 0 Å². The highest BCUT2D eigenvalue weighted by atomic mass is 16.5. The Bertz CT molecular complexity index is 233. The van der Waals surface area contributed by atoms with E-state index in [4.69, 9.17) is 9.47 Å². The maximum absolute atomic E-state index is 5.24. The number of aromatic nitrogens is 1. The van der Waals surface area contributed by atoms with Crippen LogP contribution in [-0.4, -0.2) is 18.2 Å². The third-order valence-corrected chi connectivity index (χ3v) is 1.56. The van der Waals surface area contributed by atoms with Crippen LogP contribution in [0.2, 0.25) is 0 Å². The molecule has 1 aromatic heterocycles. The molecule has 0 spiro atoms. The summed E-state index contributed by atoms with van der Waals surface area (Å²) in [5.74, 6) is 0.669. The minimum Gasteiger partial charge on any atom is -0.478 e. The quantitative estimate of drug-likeness (QED) is 0.696. The van der Waals surface area contributed by atoms with Gasteiger partial charge < -0.3 is 9.47 Å². The van der Waals surface area contributed by atoms with Gasteiger partial charge in [0.2, 0.25) is 5.88 Å². The lowest BCUT2D eigenvalue weighted by molar-refractivity contribution is 0.133. The van der Waals surface area contributed by atoms with Crippen molar-refractivity contribution in [2.75, 3.05) is 13.2 Å². The largest absolute Gasteiger partial charge is 0.478 e. The highest BCUT2D eigenvalue weighted by molar-refractivity contribution is 5.17. The molecule has 3 heteroatoms. The number of hydrogen-bond donors (Lipinski definition) is 0. The summed E-state index contributed by atoms with van der Waals surface area (Å²) in [5.41, 5.74) is 1.07. The van der Waals surface area contributed by atoms with Crippen molar-refractivity contribution >= 4 is 0 Å². The van der Waals surface area contributed by atoms with E-state index in [0.717, 1.165) is 12.2 Å². The highest BCUT2D eigenvalue weighted by Crippen LogP contribution is 2.07. The first-order valence-corrected chi connectivity index (χ1v) is 4.52. The van der Waals surface area contributed by atoms with Gasteiger partial charge in [0.25, 0.3) is 0 Å². The van der Waals surface area contributed by atoms with Gasteiger partial charge >= 0.3 is 0 Å². The summed E-state index contributed by atoms with van der Waals surface area (Å²) in [4.78, 5) is 4.12. The van der Waals surface area contributed by atoms with Crippen molar-refractivity contribution < 1.29 is 9.47 Å². The Morgan fingerprint density at radius 1 is 1.23 bits per heavy atom. The van der Waals surface area contributed by atoms with E-state index in [9.17, 15) is 0 Å². The Morgan fingerprint density at radius 3 is 2.62 bits per heavy atom. The van der Waals surface area contributed by atoms with E-state index in [1.807, 2.05) is 26.0 Å². The van der Waals surface area contributed by atoms with Crippen molar-refractivity contribution in [3.63, 3.8) is 0 Å². The lowest BCUT2D eigenvalue weighted by atomic mass is 10.3. The Hall–Kier alpha value is -1.09. The third kappa shape index (κ3) is 3.42. The number of hydrogen-bond acceptors (Lipinski definition) is 3. The second-order valence-corrected chi connectivity index (χ2v) is 2.57. The van der Waals surface area contributed by atoms with E-state index in [0.29, 0.717) is 19.1 Å². The fraction of sp³-hybridized carbons (Fsp3) is 0.500. The van der Waals surface area contributed by atoms with Crippen LogP contribution in [0.3, 0.4) is 0 Å². The van der Waals surface area contributed by atoms with Gasteiger partial charge in [-0.25, -0.2) is 4.98 Å². The molecular weight excluding hydrogens is 166 g/mol. The minimum atomic E-state index is 0.621. The van der Waals surface area contributed by atoms with Gasteiger partial charge in [0.1, 0.15) is 0 Å². The zero-order valence-electron chi connectivity index (χ0n) is 8.12. The summed E-state index contributed by atoms with van der Waals surface area (Å²) in [6, 6.07) is 3.82. The lowest BCUT2D eigenvalue weighted by Crippen LogP contribution is -1.96. The molecule has 13 heavy (non-hydrogen) atoms. The van der Waals surface area contributed by atoms with Crippen LogP contribution >= 0.6 is 0 Å². The van der Waals surface area contributed by atoms with Crippen LogP contribution in [0.25, 0.3) is 0 Å². The van der Waals surface area contributed by atoms with Crippen LogP contribution < -0.4 is 4.74 Å². The molecule has 0 fully saturated rings. The summed E-state index contributed by atoms with van der Waals surface area (Å²) in [7, 11) is 0. The summed E-state index contributed by atoms with van der Waals surface area (Å²) in [5, 5.41) is 0. The number of rotatable bonds is 5. The molecule has 0 amide bonds. The molecule has 3 nitrogen and oxygen atoms in total. The maximum atomic E-state index is 5.24. The van der Waals surface area contributed by atoms with E-state index >= 15 is 0 Å². The summed E-state index contributed by atoms with van der Waals surface area (Å²) in [6.45, 7) is 5.92. The van der Waals surface area contributed by atoms with Crippen LogP contribution in [0.5, 0.6) is 5.88 Å². The molecule has 0 aromatic carbocycles. The minimum absolute atomic E-state index is 0.621. The van der Waals surface area contributed by atoms with Crippen molar-refractivity contribution in [3.05, 3.63) is 23.9 Å². The first-order valence-electron chi connectivity index (χ1n) is 4.52. The van der Waals surface area contributed by atoms with Gasteiger partial charge in [-0.2, -0.15) is 0 Å². The molecule has 1 heterocycles. The lowest BCUT2D eigenvalue weighted by Gasteiger charge is -2.03. The predicted molar refractivity (Wildman–Crippen MR) is 50.7 cm³/mol.